The largest absolute Gasteiger partial charge is 0.464 e. The maximum atomic E-state index is 11.8. The van der Waals surface area contributed by atoms with Gasteiger partial charge in [-0.25, -0.2) is 4.79 Å². The predicted molar refractivity (Wildman–Crippen MR) is 61.2 cm³/mol. The second-order valence-electron chi connectivity index (χ2n) is 4.25. The topological polar surface area (TPSA) is 72.5 Å². The molecular formula is C12H19NO4. The van der Waals surface area contributed by atoms with Gasteiger partial charge >= 0.3 is 5.97 Å². The van der Waals surface area contributed by atoms with E-state index in [1.54, 1.807) is 6.92 Å². The van der Waals surface area contributed by atoms with Crippen LogP contribution in [0.2, 0.25) is 0 Å². The van der Waals surface area contributed by atoms with Crippen molar-refractivity contribution >= 4 is 17.7 Å². The fourth-order valence-corrected chi connectivity index (χ4v) is 2.14. The highest BCUT2D eigenvalue weighted by Crippen LogP contribution is 2.24. The Bertz CT molecular complexity index is 314. The van der Waals surface area contributed by atoms with Crippen molar-refractivity contribution in [1.82, 2.24) is 5.32 Å². The smallest absolute Gasteiger partial charge is 0.329 e. The zero-order valence-electron chi connectivity index (χ0n) is 10.3. The Labute approximate surface area is 101 Å². The monoisotopic (exact) mass is 241 g/mol. The number of ether oxygens (including phenoxy) is 1. The zero-order chi connectivity index (χ0) is 12.8. The molecule has 0 aromatic carbocycles. The van der Waals surface area contributed by atoms with Gasteiger partial charge in [0.05, 0.1) is 6.61 Å². The third kappa shape index (κ3) is 3.84. The lowest BCUT2D eigenvalue weighted by atomic mass is 9.82. The number of hydrogen-bond donors (Lipinski definition) is 1. The van der Waals surface area contributed by atoms with Crippen molar-refractivity contribution < 1.29 is 19.1 Å². The first-order chi connectivity index (χ1) is 8.06. The number of nitrogens with one attached hydrogen (secondary N) is 1. The number of ketones is 1. The van der Waals surface area contributed by atoms with E-state index < -0.39 is 17.9 Å². The summed E-state index contributed by atoms with van der Waals surface area (Å²) in [5.74, 6) is -1.21. The molecule has 0 aliphatic heterocycles. The van der Waals surface area contributed by atoms with Gasteiger partial charge in [0.15, 0.2) is 0 Å². The average Bonchev–Trinajstić information content (AvgIpc) is 2.27. The zero-order valence-corrected chi connectivity index (χ0v) is 10.3. The standard InChI is InChI=1S/C12H19NO4/c1-3-17-12(16)11(13-8(2)14)9-6-4-5-7-10(9)15/h9,11H,3-7H2,1-2H3,(H,13,14)/t9-,11+/m0/s1. The summed E-state index contributed by atoms with van der Waals surface area (Å²) < 4.78 is 4.90. The molecule has 1 aliphatic carbocycles. The molecule has 0 heterocycles. The van der Waals surface area contributed by atoms with Crippen LogP contribution in [0.25, 0.3) is 0 Å². The van der Waals surface area contributed by atoms with Crippen LogP contribution in [0.3, 0.4) is 0 Å². The minimum absolute atomic E-state index is 0.0445. The summed E-state index contributed by atoms with van der Waals surface area (Å²) in [6.45, 7) is 3.28. The van der Waals surface area contributed by atoms with Crippen LogP contribution in [0.1, 0.15) is 39.5 Å². The van der Waals surface area contributed by atoms with Crippen LogP contribution < -0.4 is 5.32 Å². The number of hydrogen-bond acceptors (Lipinski definition) is 4. The molecule has 0 radical (unpaired) electrons. The molecule has 1 aliphatic rings. The number of esters is 1. The van der Waals surface area contributed by atoms with Crippen LogP contribution in [0.5, 0.6) is 0 Å². The van der Waals surface area contributed by atoms with Crippen molar-refractivity contribution in [3.63, 3.8) is 0 Å². The maximum Gasteiger partial charge on any atom is 0.329 e. The summed E-state index contributed by atoms with van der Waals surface area (Å²) >= 11 is 0. The Hall–Kier alpha value is -1.39. The highest BCUT2D eigenvalue weighted by molar-refractivity contribution is 5.91. The van der Waals surface area contributed by atoms with E-state index in [-0.39, 0.29) is 18.3 Å². The van der Waals surface area contributed by atoms with Crippen LogP contribution in [-0.4, -0.2) is 30.3 Å². The highest BCUT2D eigenvalue weighted by Gasteiger charge is 2.36. The van der Waals surface area contributed by atoms with Gasteiger partial charge in [-0.15, -0.1) is 0 Å². The van der Waals surface area contributed by atoms with Crippen molar-refractivity contribution in [2.75, 3.05) is 6.61 Å². The molecule has 1 fully saturated rings. The SMILES string of the molecule is CCOC(=O)[C@H](NC(C)=O)[C@H]1CCCCC1=O. The van der Waals surface area contributed by atoms with Gasteiger partial charge in [0.25, 0.3) is 0 Å². The lowest BCUT2D eigenvalue weighted by Gasteiger charge is -2.27. The summed E-state index contributed by atoms with van der Waals surface area (Å²) in [6.07, 6.45) is 2.90. The van der Waals surface area contributed by atoms with E-state index in [0.717, 1.165) is 12.8 Å². The second-order valence-corrected chi connectivity index (χ2v) is 4.25. The number of carbonyl (C=O) groups excluding carboxylic acids is 3. The molecule has 17 heavy (non-hydrogen) atoms. The molecule has 2 atom stereocenters. The molecule has 1 amide bonds. The second kappa shape index (κ2) is 6.37. The molecule has 1 saturated carbocycles. The molecule has 5 heteroatoms. The number of amides is 1. The molecular weight excluding hydrogens is 222 g/mol. The van der Waals surface area contributed by atoms with E-state index in [0.29, 0.717) is 12.8 Å². The summed E-state index contributed by atoms with van der Waals surface area (Å²) in [5, 5.41) is 2.53. The van der Waals surface area contributed by atoms with Gasteiger partial charge in [0.1, 0.15) is 11.8 Å². The van der Waals surface area contributed by atoms with E-state index in [9.17, 15) is 14.4 Å². The fraction of sp³-hybridized carbons (Fsp3) is 0.750. The van der Waals surface area contributed by atoms with E-state index in [1.807, 2.05) is 0 Å². The average molecular weight is 241 g/mol. The van der Waals surface area contributed by atoms with Crippen LogP contribution in [-0.2, 0) is 19.1 Å². The van der Waals surface area contributed by atoms with Crippen LogP contribution in [0.4, 0.5) is 0 Å². The van der Waals surface area contributed by atoms with Crippen molar-refractivity contribution in [2.24, 2.45) is 5.92 Å². The Kier molecular flexibility index (Phi) is 5.12. The first-order valence-corrected chi connectivity index (χ1v) is 6.02. The summed E-state index contributed by atoms with van der Waals surface area (Å²) in [7, 11) is 0. The van der Waals surface area contributed by atoms with E-state index in [1.165, 1.54) is 6.92 Å². The summed E-state index contributed by atoms with van der Waals surface area (Å²) in [4.78, 5) is 34.6. The predicted octanol–water partition coefficient (Wildman–Crippen LogP) is 0.813. The third-order valence-electron chi connectivity index (χ3n) is 2.90. The molecule has 0 aromatic heterocycles. The Morgan fingerprint density at radius 1 is 1.47 bits per heavy atom. The molecule has 1 rings (SSSR count). The van der Waals surface area contributed by atoms with Crippen molar-refractivity contribution in [1.29, 1.82) is 0 Å². The molecule has 0 aromatic rings. The fourth-order valence-electron chi connectivity index (χ4n) is 2.14. The Morgan fingerprint density at radius 2 is 2.18 bits per heavy atom. The van der Waals surface area contributed by atoms with E-state index in [4.69, 9.17) is 4.74 Å². The van der Waals surface area contributed by atoms with Gasteiger partial charge in [-0.2, -0.15) is 0 Å². The van der Waals surface area contributed by atoms with Crippen LogP contribution in [0.15, 0.2) is 0 Å². The quantitative estimate of drug-likeness (QED) is 0.739. The molecule has 1 N–H and O–H groups in total. The van der Waals surface area contributed by atoms with Crippen molar-refractivity contribution in [3.05, 3.63) is 0 Å². The van der Waals surface area contributed by atoms with Gasteiger partial charge in [-0.3, -0.25) is 9.59 Å². The number of carbonyl (C=O) groups is 3. The molecule has 0 bridgehead atoms. The molecule has 5 nitrogen and oxygen atoms in total. The van der Waals surface area contributed by atoms with Gasteiger partial charge in [-0.05, 0) is 19.8 Å². The molecule has 0 saturated heterocycles. The van der Waals surface area contributed by atoms with Gasteiger partial charge in [-0.1, -0.05) is 6.42 Å². The number of Topliss-reactive ketones (excluding diaryl/α,β-unsaturated/α-hetero) is 1. The first-order valence-electron chi connectivity index (χ1n) is 6.02. The normalized spacial score (nSPS) is 21.8. The maximum absolute atomic E-state index is 11.8. The van der Waals surface area contributed by atoms with Crippen LogP contribution >= 0.6 is 0 Å². The molecule has 0 unspecified atom stereocenters. The highest BCUT2D eigenvalue weighted by atomic mass is 16.5. The van der Waals surface area contributed by atoms with E-state index in [2.05, 4.69) is 5.32 Å². The van der Waals surface area contributed by atoms with Gasteiger partial charge in [0.2, 0.25) is 5.91 Å². The van der Waals surface area contributed by atoms with Crippen LogP contribution in [0, 0.1) is 5.92 Å². The lowest BCUT2D eigenvalue weighted by Crippen LogP contribution is -2.49. The van der Waals surface area contributed by atoms with Gasteiger partial charge < -0.3 is 10.1 Å². The minimum Gasteiger partial charge on any atom is -0.464 e. The summed E-state index contributed by atoms with van der Waals surface area (Å²) in [6, 6.07) is -0.819. The Morgan fingerprint density at radius 3 is 2.71 bits per heavy atom. The first kappa shape index (κ1) is 13.7. The third-order valence-corrected chi connectivity index (χ3v) is 2.90. The van der Waals surface area contributed by atoms with E-state index >= 15 is 0 Å². The van der Waals surface area contributed by atoms with Crippen molar-refractivity contribution in [3.8, 4) is 0 Å². The lowest BCUT2D eigenvalue weighted by molar-refractivity contribution is -0.151. The van der Waals surface area contributed by atoms with Crippen molar-refractivity contribution in [2.45, 2.75) is 45.6 Å². The summed E-state index contributed by atoms with van der Waals surface area (Å²) in [5.41, 5.74) is 0. The minimum atomic E-state index is -0.819. The number of rotatable bonds is 4. The van der Waals surface area contributed by atoms with Gasteiger partial charge in [0, 0.05) is 19.3 Å². The molecule has 0 spiro atoms. The molecule has 96 valence electrons. The Balaban J connectivity index is 2.76.